The Balaban J connectivity index is 1.19. The van der Waals surface area contributed by atoms with Crippen molar-refractivity contribution in [3.05, 3.63) is 89.9 Å². The van der Waals surface area contributed by atoms with Gasteiger partial charge in [0.15, 0.2) is 0 Å². The molecule has 0 saturated carbocycles. The molecule has 1 aliphatic heterocycles. The Hall–Kier alpha value is -3.25. The average molecular weight is 451 g/mol. The number of hydrogen-bond acceptors (Lipinski definition) is 2. The molecule has 5 rings (SSSR count). The number of aromatic nitrogens is 1. The first-order valence-electron chi connectivity index (χ1n) is 11.2. The fourth-order valence-electron chi connectivity index (χ4n) is 4.72. The molecule has 1 fully saturated rings. The highest BCUT2D eigenvalue weighted by Crippen LogP contribution is 2.34. The minimum absolute atomic E-state index is 0.214. The molecule has 0 aliphatic carbocycles. The molecule has 33 heavy (non-hydrogen) atoms. The molecule has 0 amide bonds. The minimum atomic E-state index is -0.431. The number of H-pyrrole nitrogens is 1. The number of fused-ring (bicyclic) bond motifs is 1. The molecule has 0 radical (unpaired) electrons. The molecule has 1 N–H and O–H groups in total. The van der Waals surface area contributed by atoms with Gasteiger partial charge in [-0.1, -0.05) is 18.2 Å². The van der Waals surface area contributed by atoms with Crippen LogP contribution in [0.4, 0.5) is 13.2 Å². The number of nitrogens with zero attached hydrogens (tertiary/aromatic N) is 1. The highest BCUT2D eigenvalue weighted by molar-refractivity contribution is 5.83. The van der Waals surface area contributed by atoms with Crippen molar-refractivity contribution in [1.82, 2.24) is 9.88 Å². The summed E-state index contributed by atoms with van der Waals surface area (Å²) >= 11 is 0. The number of likely N-dealkylation sites (tertiary alicyclic amines) is 1. The van der Waals surface area contributed by atoms with E-state index >= 15 is 0 Å². The highest BCUT2D eigenvalue weighted by atomic mass is 19.1. The van der Waals surface area contributed by atoms with E-state index in [0.29, 0.717) is 29.4 Å². The fourth-order valence-corrected chi connectivity index (χ4v) is 4.72. The summed E-state index contributed by atoms with van der Waals surface area (Å²) in [7, 11) is 0. The van der Waals surface area contributed by atoms with Gasteiger partial charge in [0.2, 0.25) is 0 Å². The molecular weight excluding hydrogens is 425 g/mol. The summed E-state index contributed by atoms with van der Waals surface area (Å²) in [6, 6.07) is 15.4. The van der Waals surface area contributed by atoms with Gasteiger partial charge in [-0.15, -0.1) is 0 Å². The first-order chi connectivity index (χ1) is 16.1. The Morgan fingerprint density at radius 3 is 2.45 bits per heavy atom. The van der Waals surface area contributed by atoms with Crippen LogP contribution in [0.5, 0.6) is 5.75 Å². The third-order valence-electron chi connectivity index (χ3n) is 6.47. The van der Waals surface area contributed by atoms with E-state index in [1.807, 2.05) is 6.20 Å². The van der Waals surface area contributed by atoms with E-state index in [1.54, 1.807) is 36.4 Å². The smallest absolute Gasteiger partial charge is 0.131 e. The van der Waals surface area contributed by atoms with Crippen LogP contribution < -0.4 is 4.74 Å². The molecular formula is C27H25F3N2O. The van der Waals surface area contributed by atoms with Crippen LogP contribution in [0.25, 0.3) is 22.0 Å². The lowest BCUT2D eigenvalue weighted by molar-refractivity contribution is 0.174. The predicted octanol–water partition coefficient (Wildman–Crippen LogP) is 6.51. The predicted molar refractivity (Wildman–Crippen MR) is 124 cm³/mol. The first-order valence-corrected chi connectivity index (χ1v) is 11.2. The fraction of sp³-hybridized carbons (Fsp3) is 0.259. The zero-order valence-electron chi connectivity index (χ0n) is 18.2. The summed E-state index contributed by atoms with van der Waals surface area (Å²) < 4.78 is 47.8. The van der Waals surface area contributed by atoms with Gasteiger partial charge in [0.1, 0.15) is 29.8 Å². The van der Waals surface area contributed by atoms with Gasteiger partial charge in [0, 0.05) is 34.8 Å². The van der Waals surface area contributed by atoms with E-state index < -0.39 is 11.6 Å². The van der Waals surface area contributed by atoms with E-state index in [9.17, 15) is 13.2 Å². The summed E-state index contributed by atoms with van der Waals surface area (Å²) in [5, 5.41) is 0.966. The molecule has 1 aliphatic rings. The molecule has 1 saturated heterocycles. The molecule has 0 bridgehead atoms. The third-order valence-corrected chi connectivity index (χ3v) is 6.47. The van der Waals surface area contributed by atoms with Crippen molar-refractivity contribution in [3.63, 3.8) is 0 Å². The zero-order valence-corrected chi connectivity index (χ0v) is 18.2. The quantitative estimate of drug-likeness (QED) is 0.363. The largest absolute Gasteiger partial charge is 0.492 e. The van der Waals surface area contributed by atoms with Gasteiger partial charge >= 0.3 is 0 Å². The lowest BCUT2D eigenvalue weighted by Crippen LogP contribution is -2.35. The molecule has 2 heterocycles. The summed E-state index contributed by atoms with van der Waals surface area (Å²) in [6.07, 6.45) is 3.98. The lowest BCUT2D eigenvalue weighted by atomic mass is 9.89. The average Bonchev–Trinajstić information content (AvgIpc) is 3.24. The van der Waals surface area contributed by atoms with Gasteiger partial charge < -0.3 is 9.72 Å². The van der Waals surface area contributed by atoms with Crippen molar-refractivity contribution in [3.8, 4) is 16.9 Å². The molecule has 4 aromatic rings. The van der Waals surface area contributed by atoms with Gasteiger partial charge in [0.25, 0.3) is 0 Å². The summed E-state index contributed by atoms with van der Waals surface area (Å²) in [6.45, 7) is 2.98. The zero-order chi connectivity index (χ0) is 22.8. The Kier molecular flexibility index (Phi) is 6.09. The van der Waals surface area contributed by atoms with Gasteiger partial charge in [0.05, 0.1) is 0 Å². The van der Waals surface area contributed by atoms with Crippen molar-refractivity contribution in [2.45, 2.75) is 18.8 Å². The molecule has 1 aromatic heterocycles. The van der Waals surface area contributed by atoms with Crippen molar-refractivity contribution in [1.29, 1.82) is 0 Å². The SMILES string of the molecule is Fc1ccc(OCCN2CCC(c3c[nH]c4ccc(F)cc34)CC2)c(-c2ccccc2F)c1. The number of nitrogens with one attached hydrogen (secondary N) is 1. The molecule has 6 heteroatoms. The van der Waals surface area contributed by atoms with Crippen molar-refractivity contribution in [2.75, 3.05) is 26.2 Å². The van der Waals surface area contributed by atoms with Crippen molar-refractivity contribution < 1.29 is 17.9 Å². The molecule has 0 atom stereocenters. The number of hydrogen-bond donors (Lipinski definition) is 1. The summed E-state index contributed by atoms with van der Waals surface area (Å²) in [4.78, 5) is 5.58. The summed E-state index contributed by atoms with van der Waals surface area (Å²) in [5.74, 6) is -0.194. The normalized spacial score (nSPS) is 15.2. The van der Waals surface area contributed by atoms with E-state index in [-0.39, 0.29) is 5.82 Å². The van der Waals surface area contributed by atoms with Crippen LogP contribution in [0.1, 0.15) is 24.3 Å². The second kappa shape index (κ2) is 9.32. The maximum absolute atomic E-state index is 14.3. The third kappa shape index (κ3) is 4.62. The molecule has 0 spiro atoms. The highest BCUT2D eigenvalue weighted by Gasteiger charge is 2.23. The number of halogens is 3. The monoisotopic (exact) mass is 450 g/mol. The van der Waals surface area contributed by atoms with Crippen LogP contribution in [0.15, 0.2) is 66.9 Å². The van der Waals surface area contributed by atoms with Crippen LogP contribution in [-0.2, 0) is 0 Å². The van der Waals surface area contributed by atoms with Crippen LogP contribution in [0, 0.1) is 17.5 Å². The van der Waals surface area contributed by atoms with Crippen LogP contribution >= 0.6 is 0 Å². The Morgan fingerprint density at radius 1 is 0.879 bits per heavy atom. The van der Waals surface area contributed by atoms with Crippen LogP contribution in [0.2, 0.25) is 0 Å². The molecule has 0 unspecified atom stereocenters. The van der Waals surface area contributed by atoms with Crippen molar-refractivity contribution >= 4 is 10.9 Å². The van der Waals surface area contributed by atoms with Crippen molar-refractivity contribution in [2.24, 2.45) is 0 Å². The second-order valence-corrected chi connectivity index (χ2v) is 8.52. The number of benzene rings is 3. The van der Waals surface area contributed by atoms with Crippen LogP contribution in [0.3, 0.4) is 0 Å². The van der Waals surface area contributed by atoms with Gasteiger partial charge in [-0.3, -0.25) is 4.90 Å². The number of piperidine rings is 1. The van der Waals surface area contributed by atoms with Crippen LogP contribution in [-0.4, -0.2) is 36.1 Å². The van der Waals surface area contributed by atoms with E-state index in [4.69, 9.17) is 4.74 Å². The maximum atomic E-state index is 14.3. The Bertz CT molecular complexity index is 1260. The number of aromatic amines is 1. The second-order valence-electron chi connectivity index (χ2n) is 8.52. The lowest BCUT2D eigenvalue weighted by Gasteiger charge is -2.31. The topological polar surface area (TPSA) is 28.3 Å². The Labute approximate surface area is 190 Å². The van der Waals surface area contributed by atoms with E-state index in [1.165, 1.54) is 29.8 Å². The number of rotatable bonds is 6. The van der Waals surface area contributed by atoms with Gasteiger partial charge in [-0.25, -0.2) is 13.2 Å². The van der Waals surface area contributed by atoms with Gasteiger partial charge in [-0.2, -0.15) is 0 Å². The first kappa shape index (κ1) is 21.6. The molecule has 170 valence electrons. The van der Waals surface area contributed by atoms with Gasteiger partial charge in [-0.05, 0) is 79.9 Å². The van der Waals surface area contributed by atoms with E-state index in [0.717, 1.165) is 43.4 Å². The Morgan fingerprint density at radius 2 is 1.64 bits per heavy atom. The van der Waals surface area contributed by atoms with E-state index in [2.05, 4.69) is 9.88 Å². The summed E-state index contributed by atoms with van der Waals surface area (Å²) in [5.41, 5.74) is 2.88. The molecule has 3 nitrogen and oxygen atoms in total. The number of ether oxygens (including phenoxy) is 1. The molecule has 3 aromatic carbocycles. The maximum Gasteiger partial charge on any atom is 0.131 e. The minimum Gasteiger partial charge on any atom is -0.492 e. The standard InChI is InChI=1S/C27H25F3N2O/c28-19-5-7-26-22(15-19)24(17-31-26)18-9-11-32(12-10-18)13-14-33-27-8-6-20(29)16-23(27)21-3-1-2-4-25(21)30/h1-8,15-18,31H,9-14H2.